The molecular formula is C12H17NOS. The predicted octanol–water partition coefficient (Wildman–Crippen LogP) is 2.69. The smallest absolute Gasteiger partial charge is 0.227 e. The van der Waals surface area contributed by atoms with Crippen molar-refractivity contribution in [3.8, 4) is 0 Å². The largest absolute Gasteiger partial charge is 0.342 e. The lowest BCUT2D eigenvalue weighted by Crippen LogP contribution is -2.32. The molecule has 0 aliphatic carbocycles. The lowest BCUT2D eigenvalue weighted by Gasteiger charge is -2.19. The average molecular weight is 223 g/mol. The summed E-state index contributed by atoms with van der Waals surface area (Å²) in [7, 11) is 0. The second-order valence-corrected chi connectivity index (χ2v) is 4.88. The standard InChI is InChI=1S/C12H17NOS/c14-12(9-11-5-8-15-10-11)13-6-3-1-2-4-7-13/h5,8,10H,1-4,6-7,9H2. The Morgan fingerprint density at radius 2 is 2.00 bits per heavy atom. The van der Waals surface area contributed by atoms with Gasteiger partial charge in [-0.05, 0) is 35.2 Å². The number of hydrogen-bond acceptors (Lipinski definition) is 2. The lowest BCUT2D eigenvalue weighted by atomic mass is 10.2. The second-order valence-electron chi connectivity index (χ2n) is 4.10. The molecule has 0 unspecified atom stereocenters. The molecule has 0 spiro atoms. The van der Waals surface area contributed by atoms with E-state index < -0.39 is 0 Å². The summed E-state index contributed by atoms with van der Waals surface area (Å²) in [5.41, 5.74) is 1.16. The van der Waals surface area contributed by atoms with Crippen LogP contribution in [0, 0.1) is 0 Å². The highest BCUT2D eigenvalue weighted by molar-refractivity contribution is 7.07. The summed E-state index contributed by atoms with van der Waals surface area (Å²) in [4.78, 5) is 14.0. The first-order valence-electron chi connectivity index (χ1n) is 5.65. The van der Waals surface area contributed by atoms with E-state index in [0.29, 0.717) is 12.3 Å². The maximum absolute atomic E-state index is 11.9. The number of nitrogens with zero attached hydrogens (tertiary/aromatic N) is 1. The molecule has 1 amide bonds. The van der Waals surface area contributed by atoms with Gasteiger partial charge in [-0.25, -0.2) is 0 Å². The van der Waals surface area contributed by atoms with Crippen LogP contribution in [0.3, 0.4) is 0 Å². The summed E-state index contributed by atoms with van der Waals surface area (Å²) < 4.78 is 0. The van der Waals surface area contributed by atoms with E-state index >= 15 is 0 Å². The van der Waals surface area contributed by atoms with Crippen LogP contribution in [0.25, 0.3) is 0 Å². The Balaban J connectivity index is 1.89. The Kier molecular flexibility index (Phi) is 3.78. The Morgan fingerprint density at radius 1 is 1.27 bits per heavy atom. The number of carbonyl (C=O) groups is 1. The quantitative estimate of drug-likeness (QED) is 0.755. The van der Waals surface area contributed by atoms with Crippen LogP contribution in [-0.4, -0.2) is 23.9 Å². The zero-order valence-electron chi connectivity index (χ0n) is 8.95. The molecule has 82 valence electrons. The minimum Gasteiger partial charge on any atom is -0.342 e. The molecule has 1 aliphatic rings. The second kappa shape index (κ2) is 5.31. The number of rotatable bonds is 2. The molecule has 2 rings (SSSR count). The highest BCUT2D eigenvalue weighted by atomic mass is 32.1. The molecule has 1 fully saturated rings. The molecule has 0 aromatic carbocycles. The number of hydrogen-bond donors (Lipinski definition) is 0. The van der Waals surface area contributed by atoms with Gasteiger partial charge in [0.1, 0.15) is 0 Å². The van der Waals surface area contributed by atoms with E-state index in [0.717, 1.165) is 18.7 Å². The van der Waals surface area contributed by atoms with Gasteiger partial charge in [0.05, 0.1) is 6.42 Å². The Morgan fingerprint density at radius 3 is 2.60 bits per heavy atom. The fraction of sp³-hybridized carbons (Fsp3) is 0.583. The molecule has 0 saturated carbocycles. The summed E-state index contributed by atoms with van der Waals surface area (Å²) in [6.45, 7) is 1.92. The normalized spacial score (nSPS) is 17.5. The minimum absolute atomic E-state index is 0.301. The molecule has 1 aliphatic heterocycles. The van der Waals surface area contributed by atoms with Gasteiger partial charge < -0.3 is 4.90 Å². The molecule has 0 bridgehead atoms. The van der Waals surface area contributed by atoms with E-state index in [4.69, 9.17) is 0 Å². The fourth-order valence-electron chi connectivity index (χ4n) is 2.00. The van der Waals surface area contributed by atoms with Crippen LogP contribution in [0.4, 0.5) is 0 Å². The highest BCUT2D eigenvalue weighted by Gasteiger charge is 2.15. The summed E-state index contributed by atoms with van der Waals surface area (Å²) in [6, 6.07) is 2.04. The molecule has 3 heteroatoms. The maximum atomic E-state index is 11.9. The van der Waals surface area contributed by atoms with Crippen molar-refractivity contribution in [2.45, 2.75) is 32.1 Å². The highest BCUT2D eigenvalue weighted by Crippen LogP contribution is 2.13. The molecule has 1 aromatic heterocycles. The van der Waals surface area contributed by atoms with Crippen molar-refractivity contribution >= 4 is 17.2 Å². The minimum atomic E-state index is 0.301. The van der Waals surface area contributed by atoms with Crippen LogP contribution in [0.2, 0.25) is 0 Å². The van der Waals surface area contributed by atoms with E-state index in [9.17, 15) is 4.79 Å². The van der Waals surface area contributed by atoms with Gasteiger partial charge in [0.25, 0.3) is 0 Å². The van der Waals surface area contributed by atoms with Crippen LogP contribution < -0.4 is 0 Å². The summed E-state index contributed by atoms with van der Waals surface area (Å²) in [6.07, 6.45) is 5.50. The van der Waals surface area contributed by atoms with Gasteiger partial charge in [-0.15, -0.1) is 0 Å². The van der Waals surface area contributed by atoms with E-state index in [2.05, 4.69) is 5.38 Å². The Bertz CT molecular complexity index is 299. The first kappa shape index (κ1) is 10.7. The van der Waals surface area contributed by atoms with Crippen molar-refractivity contribution in [2.75, 3.05) is 13.1 Å². The van der Waals surface area contributed by atoms with E-state index in [1.807, 2.05) is 16.3 Å². The van der Waals surface area contributed by atoms with Crippen molar-refractivity contribution in [1.29, 1.82) is 0 Å². The molecule has 1 saturated heterocycles. The molecule has 0 atom stereocenters. The topological polar surface area (TPSA) is 20.3 Å². The van der Waals surface area contributed by atoms with Crippen LogP contribution in [-0.2, 0) is 11.2 Å². The summed E-state index contributed by atoms with van der Waals surface area (Å²) in [5, 5.41) is 4.10. The van der Waals surface area contributed by atoms with E-state index in [1.165, 1.54) is 25.7 Å². The van der Waals surface area contributed by atoms with Crippen LogP contribution in [0.1, 0.15) is 31.2 Å². The number of likely N-dealkylation sites (tertiary alicyclic amines) is 1. The van der Waals surface area contributed by atoms with Gasteiger partial charge in [0.15, 0.2) is 0 Å². The zero-order chi connectivity index (χ0) is 10.5. The van der Waals surface area contributed by atoms with Crippen molar-refractivity contribution in [3.05, 3.63) is 22.4 Å². The molecule has 0 radical (unpaired) electrons. The average Bonchev–Trinajstić information content (AvgIpc) is 2.58. The lowest BCUT2D eigenvalue weighted by molar-refractivity contribution is -0.130. The third-order valence-corrected chi connectivity index (χ3v) is 3.63. The van der Waals surface area contributed by atoms with Crippen LogP contribution in [0.5, 0.6) is 0 Å². The molecule has 0 N–H and O–H groups in total. The van der Waals surface area contributed by atoms with Gasteiger partial charge in [-0.3, -0.25) is 4.79 Å². The van der Waals surface area contributed by atoms with Gasteiger partial charge in [0.2, 0.25) is 5.91 Å². The third-order valence-electron chi connectivity index (χ3n) is 2.89. The van der Waals surface area contributed by atoms with Crippen molar-refractivity contribution in [1.82, 2.24) is 4.90 Å². The van der Waals surface area contributed by atoms with Gasteiger partial charge >= 0.3 is 0 Å². The number of amides is 1. The first-order valence-corrected chi connectivity index (χ1v) is 6.59. The van der Waals surface area contributed by atoms with E-state index in [-0.39, 0.29) is 0 Å². The summed E-state index contributed by atoms with van der Waals surface area (Å²) >= 11 is 1.66. The number of thiophene rings is 1. The SMILES string of the molecule is O=C(Cc1ccsc1)N1CCCCCC1. The van der Waals surface area contributed by atoms with Gasteiger partial charge in [0, 0.05) is 13.1 Å². The Labute approximate surface area is 94.9 Å². The van der Waals surface area contributed by atoms with Gasteiger partial charge in [-0.1, -0.05) is 12.8 Å². The van der Waals surface area contributed by atoms with Gasteiger partial charge in [-0.2, -0.15) is 11.3 Å². The van der Waals surface area contributed by atoms with Crippen molar-refractivity contribution < 1.29 is 4.79 Å². The van der Waals surface area contributed by atoms with Crippen molar-refractivity contribution in [2.24, 2.45) is 0 Å². The predicted molar refractivity (Wildman–Crippen MR) is 63.1 cm³/mol. The maximum Gasteiger partial charge on any atom is 0.227 e. The third kappa shape index (κ3) is 3.06. The molecular weight excluding hydrogens is 206 g/mol. The molecule has 2 nitrogen and oxygen atoms in total. The number of carbonyl (C=O) groups excluding carboxylic acids is 1. The molecule has 15 heavy (non-hydrogen) atoms. The van der Waals surface area contributed by atoms with Crippen LogP contribution >= 0.6 is 11.3 Å². The van der Waals surface area contributed by atoms with Crippen LogP contribution in [0.15, 0.2) is 16.8 Å². The monoisotopic (exact) mass is 223 g/mol. The first-order chi connectivity index (χ1) is 7.36. The molecule has 1 aromatic rings. The van der Waals surface area contributed by atoms with Crippen molar-refractivity contribution in [3.63, 3.8) is 0 Å². The summed E-state index contributed by atoms with van der Waals surface area (Å²) in [5.74, 6) is 0.301. The molecule has 2 heterocycles. The zero-order valence-corrected chi connectivity index (χ0v) is 9.76. The van der Waals surface area contributed by atoms with E-state index in [1.54, 1.807) is 11.3 Å². The fourth-order valence-corrected chi connectivity index (χ4v) is 2.67. The Hall–Kier alpha value is -0.830.